The zero-order valence-electron chi connectivity index (χ0n) is 16.6. The van der Waals surface area contributed by atoms with Crippen LogP contribution in [0, 0.1) is 11.6 Å². The standard InChI is InChI=1S/C24H28F4/c1-3-5-6-8-21(25)24(28)19-13-11-17(12-14-19)9-10-18-15-22(26)20(7-4-2)23(27)16-18/h11-16H,3-10H2,1-2H3. The second-order valence-electron chi connectivity index (χ2n) is 7.16. The maximum absolute atomic E-state index is 14.1. The van der Waals surface area contributed by atoms with Crippen LogP contribution in [0.1, 0.15) is 68.2 Å². The van der Waals surface area contributed by atoms with Crippen LogP contribution in [0.5, 0.6) is 0 Å². The molecule has 0 aliphatic carbocycles. The summed E-state index contributed by atoms with van der Waals surface area (Å²) >= 11 is 0. The first kappa shape index (κ1) is 22.2. The molecule has 2 rings (SSSR count). The Morgan fingerprint density at radius 1 is 0.750 bits per heavy atom. The second-order valence-corrected chi connectivity index (χ2v) is 7.16. The molecule has 0 atom stereocenters. The number of benzene rings is 2. The van der Waals surface area contributed by atoms with E-state index in [2.05, 4.69) is 0 Å². The summed E-state index contributed by atoms with van der Waals surface area (Å²) in [6.45, 7) is 3.89. The molecule has 28 heavy (non-hydrogen) atoms. The van der Waals surface area contributed by atoms with Gasteiger partial charge in [0.25, 0.3) is 0 Å². The molecule has 0 amide bonds. The van der Waals surface area contributed by atoms with Crippen molar-refractivity contribution in [2.24, 2.45) is 0 Å². The van der Waals surface area contributed by atoms with E-state index in [9.17, 15) is 17.6 Å². The van der Waals surface area contributed by atoms with Gasteiger partial charge in [0.15, 0.2) is 5.83 Å². The smallest absolute Gasteiger partial charge is 0.161 e. The van der Waals surface area contributed by atoms with Crippen LogP contribution in [0.3, 0.4) is 0 Å². The Morgan fingerprint density at radius 3 is 1.93 bits per heavy atom. The molecule has 0 radical (unpaired) electrons. The van der Waals surface area contributed by atoms with E-state index in [1.54, 1.807) is 24.3 Å². The molecular formula is C24H28F4. The summed E-state index contributed by atoms with van der Waals surface area (Å²) in [4.78, 5) is 0. The summed E-state index contributed by atoms with van der Waals surface area (Å²) in [5, 5.41) is 0. The van der Waals surface area contributed by atoms with Crippen molar-refractivity contribution in [1.82, 2.24) is 0 Å². The minimum absolute atomic E-state index is 0.118. The third kappa shape index (κ3) is 6.22. The van der Waals surface area contributed by atoms with Crippen LogP contribution in [0.25, 0.3) is 5.83 Å². The summed E-state index contributed by atoms with van der Waals surface area (Å²) in [5.41, 5.74) is 1.85. The molecule has 152 valence electrons. The zero-order chi connectivity index (χ0) is 20.5. The van der Waals surface area contributed by atoms with Gasteiger partial charge in [0.05, 0.1) is 0 Å². The van der Waals surface area contributed by atoms with E-state index < -0.39 is 23.3 Å². The van der Waals surface area contributed by atoms with E-state index in [0.29, 0.717) is 37.7 Å². The summed E-state index contributed by atoms with van der Waals surface area (Å²) < 4.78 is 56.1. The maximum atomic E-state index is 14.1. The second kappa shape index (κ2) is 11.0. The molecule has 0 aliphatic rings. The van der Waals surface area contributed by atoms with Gasteiger partial charge in [0, 0.05) is 17.5 Å². The lowest BCUT2D eigenvalue weighted by Gasteiger charge is -2.08. The van der Waals surface area contributed by atoms with Crippen LogP contribution >= 0.6 is 0 Å². The van der Waals surface area contributed by atoms with Crippen molar-refractivity contribution >= 4 is 5.83 Å². The molecule has 0 aromatic heterocycles. The van der Waals surface area contributed by atoms with E-state index in [0.717, 1.165) is 18.4 Å². The Morgan fingerprint density at radius 2 is 1.36 bits per heavy atom. The molecular weight excluding hydrogens is 364 g/mol. The Kier molecular flexibility index (Phi) is 8.75. The predicted molar refractivity (Wildman–Crippen MR) is 107 cm³/mol. The van der Waals surface area contributed by atoms with Gasteiger partial charge in [0.2, 0.25) is 0 Å². The lowest BCUT2D eigenvalue weighted by molar-refractivity contribution is 0.541. The van der Waals surface area contributed by atoms with Crippen LogP contribution in [-0.4, -0.2) is 0 Å². The summed E-state index contributed by atoms with van der Waals surface area (Å²) in [6, 6.07) is 9.33. The fourth-order valence-electron chi connectivity index (χ4n) is 3.19. The predicted octanol–water partition coefficient (Wildman–Crippen LogP) is 7.89. The minimum atomic E-state index is -0.807. The lowest BCUT2D eigenvalue weighted by atomic mass is 10.00. The Hall–Kier alpha value is -2.10. The van der Waals surface area contributed by atoms with Crippen LogP contribution in [0.4, 0.5) is 17.6 Å². The number of halogens is 4. The highest BCUT2D eigenvalue weighted by Gasteiger charge is 2.11. The fraction of sp³-hybridized carbons (Fsp3) is 0.417. The quantitative estimate of drug-likeness (QED) is 0.285. The minimum Gasteiger partial charge on any atom is -0.209 e. The highest BCUT2D eigenvalue weighted by atomic mass is 19.2. The fourth-order valence-corrected chi connectivity index (χ4v) is 3.19. The van der Waals surface area contributed by atoms with Crippen LogP contribution in [0.2, 0.25) is 0 Å². The van der Waals surface area contributed by atoms with Gasteiger partial charge in [-0.2, -0.15) is 0 Å². The van der Waals surface area contributed by atoms with Gasteiger partial charge in [-0.3, -0.25) is 0 Å². The molecule has 0 N–H and O–H groups in total. The normalized spacial score (nSPS) is 12.2. The van der Waals surface area contributed by atoms with Crippen LogP contribution in [-0.2, 0) is 19.3 Å². The summed E-state index contributed by atoms with van der Waals surface area (Å²) in [7, 11) is 0. The zero-order valence-corrected chi connectivity index (χ0v) is 16.6. The van der Waals surface area contributed by atoms with E-state index in [4.69, 9.17) is 0 Å². The van der Waals surface area contributed by atoms with Crippen LogP contribution in [0.15, 0.2) is 42.2 Å². The number of allylic oxidation sites excluding steroid dienone is 1. The van der Waals surface area contributed by atoms with Crippen molar-refractivity contribution in [3.8, 4) is 0 Å². The van der Waals surface area contributed by atoms with Crippen molar-refractivity contribution in [2.45, 2.75) is 65.2 Å². The van der Waals surface area contributed by atoms with Crippen LogP contribution < -0.4 is 0 Å². The van der Waals surface area contributed by atoms with Crippen molar-refractivity contribution < 1.29 is 17.6 Å². The van der Waals surface area contributed by atoms with Gasteiger partial charge in [-0.25, -0.2) is 17.6 Å². The molecule has 2 aromatic carbocycles. The summed E-state index contributed by atoms with van der Waals surface area (Å²) in [5.74, 6) is -2.52. The van der Waals surface area contributed by atoms with E-state index in [1.165, 1.54) is 12.1 Å². The van der Waals surface area contributed by atoms with Gasteiger partial charge in [-0.15, -0.1) is 0 Å². The van der Waals surface area contributed by atoms with Gasteiger partial charge in [-0.05, 0) is 48.9 Å². The molecule has 0 heterocycles. The molecule has 2 aromatic rings. The number of aryl methyl sites for hydroxylation is 2. The molecule has 0 fully saturated rings. The van der Waals surface area contributed by atoms with E-state index in [1.807, 2.05) is 13.8 Å². The third-order valence-electron chi connectivity index (χ3n) is 4.85. The molecule has 0 spiro atoms. The maximum Gasteiger partial charge on any atom is 0.161 e. The Bertz CT molecular complexity index is 768. The first-order chi connectivity index (χ1) is 13.5. The topological polar surface area (TPSA) is 0 Å². The number of unbranched alkanes of at least 4 members (excludes halogenated alkanes) is 2. The first-order valence-electron chi connectivity index (χ1n) is 10.1. The molecule has 0 bridgehead atoms. The number of rotatable bonds is 10. The van der Waals surface area contributed by atoms with Gasteiger partial charge < -0.3 is 0 Å². The first-order valence-corrected chi connectivity index (χ1v) is 10.1. The summed E-state index contributed by atoms with van der Waals surface area (Å²) in [6.07, 6.45) is 4.70. The van der Waals surface area contributed by atoms with Crippen molar-refractivity contribution in [3.05, 3.63) is 76.1 Å². The largest absolute Gasteiger partial charge is 0.209 e. The average molecular weight is 392 g/mol. The van der Waals surface area contributed by atoms with Gasteiger partial charge in [0.1, 0.15) is 17.5 Å². The number of hydrogen-bond donors (Lipinski definition) is 0. The van der Waals surface area contributed by atoms with Crippen molar-refractivity contribution in [1.29, 1.82) is 0 Å². The lowest BCUT2D eigenvalue weighted by Crippen LogP contribution is -2.00. The molecule has 0 saturated carbocycles. The Labute approximate surface area is 165 Å². The van der Waals surface area contributed by atoms with Crippen molar-refractivity contribution in [3.63, 3.8) is 0 Å². The molecule has 0 nitrogen and oxygen atoms in total. The van der Waals surface area contributed by atoms with Crippen molar-refractivity contribution in [2.75, 3.05) is 0 Å². The molecule has 0 saturated heterocycles. The number of hydrogen-bond acceptors (Lipinski definition) is 0. The van der Waals surface area contributed by atoms with Gasteiger partial charge in [-0.1, -0.05) is 57.4 Å². The SMILES string of the molecule is CCCCCC(F)=C(F)c1ccc(CCc2cc(F)c(CCC)c(F)c2)cc1. The molecule has 0 aliphatic heterocycles. The molecule has 0 unspecified atom stereocenters. The highest BCUT2D eigenvalue weighted by Crippen LogP contribution is 2.26. The third-order valence-corrected chi connectivity index (χ3v) is 4.85. The Balaban J connectivity index is 2.00. The van der Waals surface area contributed by atoms with E-state index >= 15 is 0 Å². The monoisotopic (exact) mass is 392 g/mol. The van der Waals surface area contributed by atoms with E-state index in [-0.39, 0.29) is 17.5 Å². The molecule has 4 heteroatoms. The highest BCUT2D eigenvalue weighted by molar-refractivity contribution is 5.61. The van der Waals surface area contributed by atoms with Gasteiger partial charge >= 0.3 is 0 Å². The average Bonchev–Trinajstić information content (AvgIpc) is 2.69.